The van der Waals surface area contributed by atoms with Crippen LogP contribution in [-0.2, 0) is 27.5 Å². The quantitative estimate of drug-likeness (QED) is 0.225. The van der Waals surface area contributed by atoms with Gasteiger partial charge in [0.25, 0.3) is 0 Å². The van der Waals surface area contributed by atoms with Crippen LogP contribution in [-0.4, -0.2) is 16.8 Å². The molecule has 0 aliphatic heterocycles. The minimum atomic E-state index is -4.49. The molecule has 4 rings (SSSR count). The Balaban J connectivity index is 2.04. The third kappa shape index (κ3) is 5.72. The second-order valence-electron chi connectivity index (χ2n) is 9.21. The van der Waals surface area contributed by atoms with E-state index in [-0.39, 0.29) is 9.79 Å². The summed E-state index contributed by atoms with van der Waals surface area (Å²) in [5, 5.41) is 0. The van der Waals surface area contributed by atoms with E-state index in [0.717, 1.165) is 16.7 Å². The molecule has 0 aromatic heterocycles. The van der Waals surface area contributed by atoms with Crippen LogP contribution < -0.4 is 0 Å². The van der Waals surface area contributed by atoms with Crippen molar-refractivity contribution >= 4 is 30.8 Å². The average Bonchev–Trinajstić information content (AvgIpc) is 2.84. The summed E-state index contributed by atoms with van der Waals surface area (Å²) in [4.78, 5) is 0.464. The van der Waals surface area contributed by atoms with Crippen LogP contribution in [0.25, 0.3) is 0 Å². The Morgan fingerprint density at radius 1 is 0.474 bits per heavy atom. The second-order valence-corrected chi connectivity index (χ2v) is 14.9. The summed E-state index contributed by atoms with van der Waals surface area (Å²) in [6.45, 7) is 9.19. The fraction of sp³-hybridized carbons (Fsp3) is 0.172. The van der Waals surface area contributed by atoms with Gasteiger partial charge in [-0.1, -0.05) is 71.3 Å². The summed E-state index contributed by atoms with van der Waals surface area (Å²) in [7, 11) is -12.6. The summed E-state index contributed by atoms with van der Waals surface area (Å²) in [6.07, 6.45) is 0. The van der Waals surface area contributed by atoms with E-state index in [2.05, 4.69) is 0 Å². The number of hydrogen-bond acceptors (Lipinski definition) is 6. The molecule has 0 saturated carbocycles. The van der Waals surface area contributed by atoms with Crippen LogP contribution in [0.4, 0.5) is 0 Å². The molecular weight excluding hydrogens is 541 g/mol. The van der Waals surface area contributed by atoms with Gasteiger partial charge in [0, 0.05) is 0 Å². The zero-order valence-electron chi connectivity index (χ0n) is 21.8. The van der Waals surface area contributed by atoms with Gasteiger partial charge in [-0.15, -0.1) is 17.8 Å². The summed E-state index contributed by atoms with van der Waals surface area (Å²) in [6, 6.07) is 24.5. The maximum atomic E-state index is 13.8. The molecule has 4 aromatic rings. The van der Waals surface area contributed by atoms with Gasteiger partial charge in [0.1, 0.15) is 0 Å². The van der Waals surface area contributed by atoms with Crippen LogP contribution >= 0.6 is 10.6 Å². The van der Waals surface area contributed by atoms with E-state index in [1.807, 2.05) is 32.9 Å². The molecule has 0 saturated heterocycles. The van der Waals surface area contributed by atoms with Crippen molar-refractivity contribution in [2.24, 2.45) is 0 Å². The largest absolute Gasteiger partial charge is 0.315 e. The molecule has 0 unspecified atom stereocenters. The highest BCUT2D eigenvalue weighted by molar-refractivity contribution is 8.32. The smallest absolute Gasteiger partial charge is 0.192 e. The minimum Gasteiger partial charge on any atom is -0.192 e. The van der Waals surface area contributed by atoms with Gasteiger partial charge in [-0.2, -0.15) is 16.8 Å². The first-order chi connectivity index (χ1) is 17.8. The molecule has 4 aromatic carbocycles. The third-order valence-corrected chi connectivity index (χ3v) is 12.7. The normalized spacial score (nSPS) is 12.9. The molecule has 0 aliphatic carbocycles. The van der Waals surface area contributed by atoms with Gasteiger partial charge in [-0.3, -0.25) is 0 Å². The highest BCUT2D eigenvalue weighted by atomic mass is 32.4. The lowest BCUT2D eigenvalue weighted by molar-refractivity contribution is 0.451. The first-order valence-corrected chi connectivity index (χ1v) is 16.2. The molecule has 6 nitrogen and oxygen atoms in total. The van der Waals surface area contributed by atoms with Crippen molar-refractivity contribution in [3.8, 4) is 0 Å². The number of rotatable bonds is 8. The first-order valence-electron chi connectivity index (χ1n) is 11.9. The number of benzene rings is 4. The van der Waals surface area contributed by atoms with Crippen LogP contribution in [0, 0.1) is 34.6 Å². The van der Waals surface area contributed by atoms with E-state index in [1.165, 1.54) is 24.3 Å². The standard InChI is InChI=1S/C29H30O6S3/c1-21-11-15-27(16-12-21)37(30,31)34-36(26-9-7-6-8-10-26,29-24(4)19-23(3)20-25(29)5)35-38(32,33)28-17-13-22(2)14-18-28/h6-20H,1-5H3. The summed E-state index contributed by atoms with van der Waals surface area (Å²) in [5.74, 6) is 0. The van der Waals surface area contributed by atoms with Gasteiger partial charge < -0.3 is 0 Å². The molecule has 0 spiro atoms. The van der Waals surface area contributed by atoms with Crippen LogP contribution in [0.5, 0.6) is 0 Å². The Morgan fingerprint density at radius 3 is 1.26 bits per heavy atom. The van der Waals surface area contributed by atoms with E-state index in [1.54, 1.807) is 68.4 Å². The maximum absolute atomic E-state index is 13.8. The van der Waals surface area contributed by atoms with Gasteiger partial charge in [0.05, 0.1) is 19.6 Å². The number of hydrogen-bond donors (Lipinski definition) is 0. The van der Waals surface area contributed by atoms with Gasteiger partial charge in [-0.25, -0.2) is 0 Å². The zero-order chi connectivity index (χ0) is 27.7. The zero-order valence-corrected chi connectivity index (χ0v) is 24.3. The van der Waals surface area contributed by atoms with Gasteiger partial charge >= 0.3 is 20.2 Å². The van der Waals surface area contributed by atoms with Crippen LogP contribution in [0.1, 0.15) is 27.8 Å². The van der Waals surface area contributed by atoms with Crippen molar-refractivity contribution in [3.05, 3.63) is 119 Å². The summed E-state index contributed by atoms with van der Waals surface area (Å²) < 4.78 is 67.3. The topological polar surface area (TPSA) is 86.7 Å². The molecule has 0 amide bonds. The lowest BCUT2D eigenvalue weighted by Crippen LogP contribution is -2.21. The van der Waals surface area contributed by atoms with Crippen molar-refractivity contribution in [2.45, 2.75) is 54.2 Å². The van der Waals surface area contributed by atoms with E-state index in [9.17, 15) is 16.8 Å². The van der Waals surface area contributed by atoms with Crippen molar-refractivity contribution in [2.75, 3.05) is 0 Å². The molecule has 0 atom stereocenters. The average molecular weight is 571 g/mol. The Labute approximate surface area is 227 Å². The Morgan fingerprint density at radius 2 is 0.868 bits per heavy atom. The molecule has 0 bridgehead atoms. The van der Waals surface area contributed by atoms with Crippen molar-refractivity contribution in [3.63, 3.8) is 0 Å². The molecule has 200 valence electrons. The minimum absolute atomic E-state index is 0.102. The van der Waals surface area contributed by atoms with Crippen LogP contribution in [0.15, 0.2) is 111 Å². The van der Waals surface area contributed by atoms with Gasteiger partial charge in [0.15, 0.2) is 0 Å². The van der Waals surface area contributed by atoms with Crippen molar-refractivity contribution < 1.29 is 24.1 Å². The molecule has 0 aliphatic rings. The predicted molar refractivity (Wildman–Crippen MR) is 150 cm³/mol. The SMILES string of the molecule is Cc1ccc(S(=O)(=O)OS(OS(=O)(=O)c2ccc(C)cc2)(c2ccccc2)c2c(C)cc(C)cc2C)cc1. The van der Waals surface area contributed by atoms with E-state index in [0.29, 0.717) is 20.9 Å². The van der Waals surface area contributed by atoms with E-state index in [4.69, 9.17) is 7.26 Å². The number of aryl methyl sites for hydroxylation is 5. The van der Waals surface area contributed by atoms with Crippen LogP contribution in [0.2, 0.25) is 0 Å². The first kappa shape index (κ1) is 28.1. The van der Waals surface area contributed by atoms with Crippen LogP contribution in [0.3, 0.4) is 0 Å². The van der Waals surface area contributed by atoms with E-state index < -0.39 is 30.8 Å². The Hall–Kier alpha value is -2.95. The summed E-state index contributed by atoms with van der Waals surface area (Å²) >= 11 is 0. The predicted octanol–water partition coefficient (Wildman–Crippen LogP) is 7.09. The molecular formula is C29H30O6S3. The Kier molecular flexibility index (Phi) is 7.88. The molecule has 38 heavy (non-hydrogen) atoms. The second kappa shape index (κ2) is 10.7. The molecule has 0 heterocycles. The Bertz CT molecular complexity index is 1560. The highest BCUT2D eigenvalue weighted by Crippen LogP contribution is 2.68. The highest BCUT2D eigenvalue weighted by Gasteiger charge is 2.41. The fourth-order valence-electron chi connectivity index (χ4n) is 4.21. The van der Waals surface area contributed by atoms with Crippen molar-refractivity contribution in [1.29, 1.82) is 0 Å². The monoisotopic (exact) mass is 570 g/mol. The van der Waals surface area contributed by atoms with Gasteiger partial charge in [-0.05, 0) is 82.1 Å². The molecule has 0 N–H and O–H groups in total. The van der Waals surface area contributed by atoms with Gasteiger partial charge in [0.2, 0.25) is 0 Å². The van der Waals surface area contributed by atoms with Crippen molar-refractivity contribution in [1.82, 2.24) is 0 Å². The summed E-state index contributed by atoms with van der Waals surface area (Å²) in [5.41, 5.74) is 3.98. The van der Waals surface area contributed by atoms with E-state index >= 15 is 0 Å². The third-order valence-electron chi connectivity index (χ3n) is 5.92. The molecule has 9 heteroatoms. The molecule has 0 fully saturated rings. The maximum Gasteiger partial charge on any atom is 0.315 e. The fourth-order valence-corrected chi connectivity index (χ4v) is 11.0. The lowest BCUT2D eigenvalue weighted by atomic mass is 10.1. The molecule has 0 radical (unpaired) electrons. The lowest BCUT2D eigenvalue weighted by Gasteiger charge is -2.42.